The van der Waals surface area contributed by atoms with E-state index in [1.165, 1.54) is 6.07 Å². The Hall–Kier alpha value is -1.26. The van der Waals surface area contributed by atoms with Crippen molar-refractivity contribution in [3.63, 3.8) is 0 Å². The molecule has 4 heteroatoms. The average molecular weight is 267 g/mol. The Morgan fingerprint density at radius 2 is 1.89 bits per heavy atom. The molecule has 1 atom stereocenters. The van der Waals surface area contributed by atoms with Crippen LogP contribution in [0.4, 0.5) is 0 Å². The van der Waals surface area contributed by atoms with Gasteiger partial charge in [0.2, 0.25) is 0 Å². The molecule has 108 valence electrons. The van der Waals surface area contributed by atoms with Crippen molar-refractivity contribution in [3.05, 3.63) is 23.8 Å². The molecule has 0 saturated carbocycles. The summed E-state index contributed by atoms with van der Waals surface area (Å²) in [7, 11) is 0. The number of rotatable bonds is 8. The highest BCUT2D eigenvalue weighted by Crippen LogP contribution is 2.27. The molecule has 4 nitrogen and oxygen atoms in total. The second-order valence-corrected chi connectivity index (χ2v) is 5.21. The topological polar surface area (TPSA) is 61.7 Å². The molecule has 1 rings (SSSR count). The van der Waals surface area contributed by atoms with Gasteiger partial charge in [0.05, 0.1) is 6.61 Å². The molecule has 0 heterocycles. The van der Waals surface area contributed by atoms with Crippen LogP contribution in [0.5, 0.6) is 11.5 Å². The molecule has 0 saturated heterocycles. The summed E-state index contributed by atoms with van der Waals surface area (Å²) in [6.45, 7) is 8.52. The molecule has 1 unspecified atom stereocenters. The predicted molar refractivity (Wildman–Crippen MR) is 76.5 cm³/mol. The lowest BCUT2D eigenvalue weighted by Crippen LogP contribution is -2.23. The normalized spacial score (nSPS) is 12.8. The van der Waals surface area contributed by atoms with Crippen LogP contribution in [0, 0.1) is 5.92 Å². The lowest BCUT2D eigenvalue weighted by Gasteiger charge is -2.16. The Labute approximate surface area is 115 Å². The van der Waals surface area contributed by atoms with Crippen LogP contribution in [-0.2, 0) is 4.74 Å². The molecule has 0 aromatic heterocycles. The first-order valence-electron chi connectivity index (χ1n) is 6.83. The predicted octanol–water partition coefficient (Wildman–Crippen LogP) is 2.81. The highest BCUT2D eigenvalue weighted by molar-refractivity contribution is 5.40. The summed E-state index contributed by atoms with van der Waals surface area (Å²) in [4.78, 5) is 0. The molecule has 0 amide bonds. The quantitative estimate of drug-likeness (QED) is 0.634. The summed E-state index contributed by atoms with van der Waals surface area (Å²) in [6, 6.07) is 4.68. The van der Waals surface area contributed by atoms with E-state index in [9.17, 15) is 10.2 Å². The molecule has 19 heavy (non-hydrogen) atoms. The summed E-state index contributed by atoms with van der Waals surface area (Å²) in [6.07, 6.45) is 1.08. The van der Waals surface area contributed by atoms with Crippen LogP contribution in [0.25, 0.3) is 0 Å². The van der Waals surface area contributed by atoms with Gasteiger partial charge in [-0.2, -0.15) is 0 Å². The van der Waals surface area contributed by atoms with Crippen LogP contribution in [-0.4, -0.2) is 30.0 Å². The van der Waals surface area contributed by atoms with Crippen molar-refractivity contribution in [1.82, 2.24) is 5.32 Å². The molecular weight excluding hydrogens is 242 g/mol. The smallest absolute Gasteiger partial charge is 0.124 e. The molecule has 0 fully saturated rings. The van der Waals surface area contributed by atoms with Crippen molar-refractivity contribution in [1.29, 1.82) is 0 Å². The number of ether oxygens (including phenoxy) is 1. The fourth-order valence-corrected chi connectivity index (χ4v) is 1.78. The van der Waals surface area contributed by atoms with Gasteiger partial charge in [0.25, 0.3) is 0 Å². The van der Waals surface area contributed by atoms with Crippen LogP contribution in [0.15, 0.2) is 18.2 Å². The third kappa shape index (κ3) is 5.94. The van der Waals surface area contributed by atoms with Crippen molar-refractivity contribution in [2.45, 2.75) is 33.2 Å². The number of benzene rings is 1. The summed E-state index contributed by atoms with van der Waals surface area (Å²) >= 11 is 0. The number of aromatic hydroxyl groups is 2. The van der Waals surface area contributed by atoms with E-state index in [4.69, 9.17) is 4.74 Å². The van der Waals surface area contributed by atoms with E-state index < -0.39 is 0 Å². The van der Waals surface area contributed by atoms with E-state index >= 15 is 0 Å². The van der Waals surface area contributed by atoms with Gasteiger partial charge in [-0.05, 0) is 25.3 Å². The molecule has 0 aliphatic carbocycles. The maximum Gasteiger partial charge on any atom is 0.124 e. The van der Waals surface area contributed by atoms with Gasteiger partial charge in [0.1, 0.15) is 11.5 Å². The summed E-state index contributed by atoms with van der Waals surface area (Å²) in [5.41, 5.74) is 0.778. The standard InChI is InChI=1S/C15H25NO3/c1-11(2)6-8-19-9-7-16-12(3)14-5-4-13(17)10-15(14)18/h4-5,10-12,16-18H,6-9H2,1-3H3. The Balaban J connectivity index is 2.25. The van der Waals surface area contributed by atoms with E-state index in [-0.39, 0.29) is 17.5 Å². The maximum absolute atomic E-state index is 9.73. The minimum Gasteiger partial charge on any atom is -0.508 e. The third-order valence-corrected chi connectivity index (χ3v) is 3.02. The van der Waals surface area contributed by atoms with Crippen molar-refractivity contribution in [2.24, 2.45) is 5.92 Å². The van der Waals surface area contributed by atoms with E-state index in [1.807, 2.05) is 6.92 Å². The molecule has 0 aliphatic heterocycles. The summed E-state index contributed by atoms with van der Waals surface area (Å²) in [5.74, 6) is 0.854. The fraction of sp³-hybridized carbons (Fsp3) is 0.600. The second kappa shape index (κ2) is 8.02. The van der Waals surface area contributed by atoms with Crippen molar-refractivity contribution in [2.75, 3.05) is 19.8 Å². The molecular formula is C15H25NO3. The van der Waals surface area contributed by atoms with Crippen LogP contribution >= 0.6 is 0 Å². The molecule has 3 N–H and O–H groups in total. The first-order chi connectivity index (χ1) is 9.00. The zero-order valence-electron chi connectivity index (χ0n) is 12.0. The molecule has 0 spiro atoms. The Kier molecular flexibility index (Phi) is 6.67. The van der Waals surface area contributed by atoms with Crippen LogP contribution in [0.3, 0.4) is 0 Å². The molecule has 0 bridgehead atoms. The Morgan fingerprint density at radius 3 is 2.53 bits per heavy atom. The van der Waals surface area contributed by atoms with Gasteiger partial charge in [0, 0.05) is 30.8 Å². The van der Waals surface area contributed by atoms with Gasteiger partial charge >= 0.3 is 0 Å². The van der Waals surface area contributed by atoms with E-state index in [0.717, 1.165) is 25.1 Å². The van der Waals surface area contributed by atoms with Crippen LogP contribution < -0.4 is 5.32 Å². The van der Waals surface area contributed by atoms with Gasteiger partial charge in [-0.3, -0.25) is 0 Å². The summed E-state index contributed by atoms with van der Waals surface area (Å²) in [5, 5.41) is 22.2. The number of phenols is 2. The van der Waals surface area contributed by atoms with Gasteiger partial charge in [-0.1, -0.05) is 19.9 Å². The minimum atomic E-state index is 0.0225. The third-order valence-electron chi connectivity index (χ3n) is 3.02. The average Bonchev–Trinajstić information content (AvgIpc) is 2.32. The van der Waals surface area contributed by atoms with E-state index in [0.29, 0.717) is 12.5 Å². The second-order valence-electron chi connectivity index (χ2n) is 5.21. The highest BCUT2D eigenvalue weighted by atomic mass is 16.5. The van der Waals surface area contributed by atoms with Gasteiger partial charge in [-0.25, -0.2) is 0 Å². The SMILES string of the molecule is CC(C)CCOCCNC(C)c1ccc(O)cc1O. The van der Waals surface area contributed by atoms with Gasteiger partial charge in [-0.15, -0.1) is 0 Å². The van der Waals surface area contributed by atoms with Crippen LogP contribution in [0.1, 0.15) is 38.8 Å². The number of hydrogen-bond donors (Lipinski definition) is 3. The highest BCUT2D eigenvalue weighted by Gasteiger charge is 2.09. The number of phenolic OH excluding ortho intramolecular Hbond substituents is 2. The fourth-order valence-electron chi connectivity index (χ4n) is 1.78. The molecule has 1 aromatic carbocycles. The number of hydrogen-bond acceptors (Lipinski definition) is 4. The van der Waals surface area contributed by atoms with Crippen molar-refractivity contribution >= 4 is 0 Å². The first-order valence-corrected chi connectivity index (χ1v) is 6.83. The minimum absolute atomic E-state index is 0.0225. The van der Waals surface area contributed by atoms with E-state index in [1.54, 1.807) is 12.1 Å². The lowest BCUT2D eigenvalue weighted by atomic mass is 10.1. The van der Waals surface area contributed by atoms with Crippen molar-refractivity contribution in [3.8, 4) is 11.5 Å². The lowest BCUT2D eigenvalue weighted by molar-refractivity contribution is 0.123. The summed E-state index contributed by atoms with van der Waals surface area (Å²) < 4.78 is 5.52. The monoisotopic (exact) mass is 267 g/mol. The van der Waals surface area contributed by atoms with Crippen molar-refractivity contribution < 1.29 is 14.9 Å². The largest absolute Gasteiger partial charge is 0.508 e. The first kappa shape index (κ1) is 15.8. The van der Waals surface area contributed by atoms with Gasteiger partial charge < -0.3 is 20.3 Å². The Morgan fingerprint density at radius 1 is 1.16 bits per heavy atom. The van der Waals surface area contributed by atoms with Crippen LogP contribution in [0.2, 0.25) is 0 Å². The molecule has 0 aliphatic rings. The Bertz CT molecular complexity index is 380. The maximum atomic E-state index is 9.73. The molecule has 0 radical (unpaired) electrons. The molecule has 1 aromatic rings. The zero-order valence-corrected chi connectivity index (χ0v) is 12.0. The zero-order chi connectivity index (χ0) is 14.3. The number of nitrogens with one attached hydrogen (secondary N) is 1. The van der Waals surface area contributed by atoms with E-state index in [2.05, 4.69) is 19.2 Å². The van der Waals surface area contributed by atoms with Gasteiger partial charge in [0.15, 0.2) is 0 Å².